The molecule has 6 fully saturated rings. The Kier molecular flexibility index (Phi) is 5.79. The van der Waals surface area contributed by atoms with E-state index in [4.69, 9.17) is 0 Å². The Labute approximate surface area is 194 Å². The Morgan fingerprint density at radius 3 is 2.03 bits per heavy atom. The van der Waals surface area contributed by atoms with Crippen molar-refractivity contribution in [1.29, 1.82) is 0 Å². The first-order chi connectivity index (χ1) is 15.2. The van der Waals surface area contributed by atoms with Crippen LogP contribution in [0.15, 0.2) is 0 Å². The fraction of sp³-hybridized carbons (Fsp3) is 1.00. The lowest BCUT2D eigenvalue weighted by Crippen LogP contribution is -2.63. The van der Waals surface area contributed by atoms with Gasteiger partial charge >= 0.3 is 0 Å². The average Bonchev–Trinajstić information content (AvgIpc) is 3.08. The second-order valence-electron chi connectivity index (χ2n) is 13.5. The van der Waals surface area contributed by atoms with Crippen LogP contribution in [0.2, 0.25) is 0 Å². The zero-order chi connectivity index (χ0) is 21.2. The van der Waals surface area contributed by atoms with Gasteiger partial charge in [-0.2, -0.15) is 0 Å². The molecule has 11 unspecified atom stereocenters. The largest absolute Gasteiger partial charge is 0.0651 e. The van der Waals surface area contributed by atoms with Crippen LogP contribution in [-0.2, 0) is 0 Å². The third-order valence-corrected chi connectivity index (χ3v) is 13.2. The van der Waals surface area contributed by atoms with Crippen LogP contribution in [-0.4, -0.2) is 0 Å². The summed E-state index contributed by atoms with van der Waals surface area (Å²) in [7, 11) is 0. The number of hydrogen-bond donors (Lipinski definition) is 0. The lowest BCUT2D eigenvalue weighted by Gasteiger charge is -2.68. The third-order valence-electron chi connectivity index (χ3n) is 13.2. The summed E-state index contributed by atoms with van der Waals surface area (Å²) in [5.41, 5.74) is 0.756. The van der Waals surface area contributed by atoms with Gasteiger partial charge in [0.05, 0.1) is 0 Å². The van der Waals surface area contributed by atoms with Crippen LogP contribution >= 0.6 is 0 Å². The molecule has 0 aromatic heterocycles. The average molecular weight is 425 g/mol. The Balaban J connectivity index is 1.47. The van der Waals surface area contributed by atoms with Gasteiger partial charge in [-0.1, -0.05) is 91.4 Å². The van der Waals surface area contributed by atoms with Gasteiger partial charge in [0, 0.05) is 0 Å². The summed E-state index contributed by atoms with van der Waals surface area (Å²) < 4.78 is 0. The molecule has 6 aliphatic rings. The standard InChI is InChI=1S/C31H52/c1-4-23-20(3)31-27-17-10-9-15-26(27)29(21-12-7-6-8-13-21)24(5-2)28(31)19-18-22-14-11-16-25(23)30(22)31/h20-30H,4-19H2,1-3H3. The molecular formula is C31H52. The van der Waals surface area contributed by atoms with E-state index < -0.39 is 0 Å². The Morgan fingerprint density at radius 1 is 0.581 bits per heavy atom. The van der Waals surface area contributed by atoms with Crippen molar-refractivity contribution in [1.82, 2.24) is 0 Å². The quantitative estimate of drug-likeness (QED) is 0.423. The molecule has 0 bridgehead atoms. The molecule has 0 saturated heterocycles. The van der Waals surface area contributed by atoms with Crippen molar-refractivity contribution in [3.63, 3.8) is 0 Å². The molecule has 11 atom stereocenters. The predicted molar refractivity (Wildman–Crippen MR) is 132 cm³/mol. The maximum atomic E-state index is 2.82. The van der Waals surface area contributed by atoms with Crippen LogP contribution in [0.3, 0.4) is 0 Å². The monoisotopic (exact) mass is 424 g/mol. The first-order valence-corrected chi connectivity index (χ1v) is 15.2. The highest BCUT2D eigenvalue weighted by atomic mass is 14.8. The lowest BCUT2D eigenvalue weighted by atomic mass is 9.36. The normalized spacial score (nSPS) is 54.7. The van der Waals surface area contributed by atoms with Gasteiger partial charge in [0.1, 0.15) is 0 Å². The van der Waals surface area contributed by atoms with Crippen molar-refractivity contribution in [2.45, 2.75) is 124 Å². The summed E-state index contributed by atoms with van der Waals surface area (Å²) in [6.45, 7) is 8.01. The molecule has 0 aromatic carbocycles. The van der Waals surface area contributed by atoms with E-state index in [0.29, 0.717) is 0 Å². The first kappa shape index (κ1) is 21.5. The van der Waals surface area contributed by atoms with Crippen molar-refractivity contribution in [3.05, 3.63) is 0 Å². The maximum Gasteiger partial charge on any atom is -0.0173 e. The number of fused-ring (bicyclic) bond motifs is 1. The summed E-state index contributed by atoms with van der Waals surface area (Å²) in [4.78, 5) is 0. The lowest BCUT2D eigenvalue weighted by molar-refractivity contribution is -0.205. The highest BCUT2D eigenvalue weighted by molar-refractivity contribution is 5.19. The van der Waals surface area contributed by atoms with Crippen LogP contribution in [0.1, 0.15) is 124 Å². The van der Waals surface area contributed by atoms with Crippen molar-refractivity contribution in [3.8, 4) is 0 Å². The number of rotatable bonds is 3. The van der Waals surface area contributed by atoms with Crippen molar-refractivity contribution >= 4 is 0 Å². The smallest absolute Gasteiger partial charge is 0.0173 e. The van der Waals surface area contributed by atoms with E-state index >= 15 is 0 Å². The van der Waals surface area contributed by atoms with Gasteiger partial charge in [-0.05, 0) is 103 Å². The van der Waals surface area contributed by atoms with E-state index in [2.05, 4.69) is 20.8 Å². The van der Waals surface area contributed by atoms with Gasteiger partial charge in [0.15, 0.2) is 0 Å². The van der Waals surface area contributed by atoms with Gasteiger partial charge in [-0.25, -0.2) is 0 Å². The molecule has 0 heteroatoms. The van der Waals surface area contributed by atoms with Gasteiger partial charge in [-0.15, -0.1) is 0 Å². The molecule has 0 heterocycles. The third kappa shape index (κ3) is 2.90. The van der Waals surface area contributed by atoms with Crippen LogP contribution in [0.4, 0.5) is 0 Å². The maximum absolute atomic E-state index is 2.82. The van der Waals surface area contributed by atoms with E-state index in [-0.39, 0.29) is 0 Å². The molecule has 176 valence electrons. The second-order valence-corrected chi connectivity index (χ2v) is 13.5. The van der Waals surface area contributed by atoms with Gasteiger partial charge in [0.2, 0.25) is 0 Å². The summed E-state index contributed by atoms with van der Waals surface area (Å²) in [5, 5.41) is 0. The van der Waals surface area contributed by atoms with E-state index in [1.807, 2.05) is 0 Å². The molecule has 31 heavy (non-hydrogen) atoms. The molecule has 6 aliphatic carbocycles. The SMILES string of the molecule is CCC1C2CCCC3CCC4C(CC)C(C5CCCCC5)C5CCCCC5C4(C1C)C32. The molecule has 0 aliphatic heterocycles. The van der Waals surface area contributed by atoms with Gasteiger partial charge in [0.25, 0.3) is 0 Å². The molecule has 0 N–H and O–H groups in total. The Hall–Kier alpha value is 0. The second kappa shape index (κ2) is 8.34. The van der Waals surface area contributed by atoms with Crippen LogP contribution in [0.5, 0.6) is 0 Å². The van der Waals surface area contributed by atoms with E-state index in [0.717, 1.165) is 70.5 Å². The van der Waals surface area contributed by atoms with E-state index in [1.165, 1.54) is 19.3 Å². The van der Waals surface area contributed by atoms with Crippen LogP contribution < -0.4 is 0 Å². The van der Waals surface area contributed by atoms with E-state index in [1.54, 1.807) is 83.5 Å². The summed E-state index contributed by atoms with van der Waals surface area (Å²) in [6.07, 6.45) is 25.1. The van der Waals surface area contributed by atoms with Crippen LogP contribution in [0, 0.1) is 70.5 Å². The number of hydrogen-bond acceptors (Lipinski definition) is 0. The minimum Gasteiger partial charge on any atom is -0.0651 e. The fourth-order valence-corrected chi connectivity index (χ4v) is 12.9. The zero-order valence-electron chi connectivity index (χ0n) is 21.2. The van der Waals surface area contributed by atoms with Crippen molar-refractivity contribution < 1.29 is 0 Å². The summed E-state index contributed by atoms with van der Waals surface area (Å²) >= 11 is 0. The summed E-state index contributed by atoms with van der Waals surface area (Å²) in [5.74, 6) is 12.0. The predicted octanol–water partition coefficient (Wildman–Crippen LogP) is 9.13. The molecule has 0 aromatic rings. The first-order valence-electron chi connectivity index (χ1n) is 15.2. The highest BCUT2D eigenvalue weighted by Gasteiger charge is 2.71. The Bertz CT molecular complexity index is 620. The molecule has 0 nitrogen and oxygen atoms in total. The molecule has 6 saturated carbocycles. The molecule has 0 amide bonds. The molecule has 0 radical (unpaired) electrons. The van der Waals surface area contributed by atoms with Crippen LogP contribution in [0.25, 0.3) is 0 Å². The highest BCUT2D eigenvalue weighted by Crippen LogP contribution is 2.77. The topological polar surface area (TPSA) is 0 Å². The van der Waals surface area contributed by atoms with Gasteiger partial charge in [-0.3, -0.25) is 0 Å². The molecule has 1 spiro atoms. The summed E-state index contributed by atoms with van der Waals surface area (Å²) in [6, 6.07) is 0. The molecule has 6 rings (SSSR count). The van der Waals surface area contributed by atoms with Crippen molar-refractivity contribution in [2.24, 2.45) is 70.5 Å². The fourth-order valence-electron chi connectivity index (χ4n) is 12.9. The van der Waals surface area contributed by atoms with Gasteiger partial charge < -0.3 is 0 Å². The van der Waals surface area contributed by atoms with Crippen molar-refractivity contribution in [2.75, 3.05) is 0 Å². The molecular weight excluding hydrogens is 372 g/mol. The minimum atomic E-state index is 0.756. The Morgan fingerprint density at radius 2 is 1.26 bits per heavy atom. The minimum absolute atomic E-state index is 0.756. The zero-order valence-corrected chi connectivity index (χ0v) is 21.2. The van der Waals surface area contributed by atoms with E-state index in [9.17, 15) is 0 Å².